The van der Waals surface area contributed by atoms with E-state index in [1.807, 2.05) is 17.8 Å². The second-order valence-corrected chi connectivity index (χ2v) is 7.08. The summed E-state index contributed by atoms with van der Waals surface area (Å²) in [5.41, 5.74) is 5.10. The van der Waals surface area contributed by atoms with Crippen molar-refractivity contribution in [3.05, 3.63) is 28.7 Å². The van der Waals surface area contributed by atoms with E-state index in [-0.39, 0.29) is 0 Å². The Bertz CT molecular complexity index is 401. The molecule has 3 N–H and O–H groups in total. The molecule has 2 nitrogen and oxygen atoms in total. The van der Waals surface area contributed by atoms with Crippen molar-refractivity contribution in [2.45, 2.75) is 36.2 Å². The van der Waals surface area contributed by atoms with Gasteiger partial charge in [-0.2, -0.15) is 0 Å². The van der Waals surface area contributed by atoms with Crippen LogP contribution in [0.3, 0.4) is 0 Å². The van der Waals surface area contributed by atoms with Crippen LogP contribution in [0.2, 0.25) is 0 Å². The molecule has 2 atom stereocenters. The van der Waals surface area contributed by atoms with Gasteiger partial charge in [-0.3, -0.25) is 0 Å². The number of benzene rings is 1. The monoisotopic (exact) mass is 329 g/mol. The highest BCUT2D eigenvalue weighted by Crippen LogP contribution is 2.38. The van der Waals surface area contributed by atoms with E-state index in [1.54, 1.807) is 0 Å². The van der Waals surface area contributed by atoms with Crippen molar-refractivity contribution in [3.63, 3.8) is 0 Å². The smallest absolute Gasteiger partial charge is 0.0797 e. The summed E-state index contributed by atoms with van der Waals surface area (Å²) in [5.74, 6) is 1.42. The van der Waals surface area contributed by atoms with Crippen LogP contribution in [0.15, 0.2) is 33.6 Å². The van der Waals surface area contributed by atoms with Gasteiger partial charge in [0.05, 0.1) is 5.60 Å². The summed E-state index contributed by atoms with van der Waals surface area (Å²) in [6.07, 6.45) is 4.15. The van der Waals surface area contributed by atoms with Crippen molar-refractivity contribution in [1.29, 1.82) is 0 Å². The summed E-state index contributed by atoms with van der Waals surface area (Å²) in [6.45, 7) is 0.402. The molecular weight excluding hydrogens is 310 g/mol. The molecule has 0 aliphatic heterocycles. The first kappa shape index (κ1) is 14.4. The molecule has 1 fully saturated rings. The zero-order valence-corrected chi connectivity index (χ0v) is 12.8. The van der Waals surface area contributed by atoms with E-state index in [0.29, 0.717) is 12.5 Å². The molecular formula is C14H20BrNOS. The molecule has 1 aliphatic carbocycles. The van der Waals surface area contributed by atoms with Crippen LogP contribution in [0.1, 0.15) is 25.7 Å². The maximum atomic E-state index is 10.4. The topological polar surface area (TPSA) is 46.2 Å². The number of aliphatic hydroxyl groups is 1. The van der Waals surface area contributed by atoms with Gasteiger partial charge in [-0.05, 0) is 49.1 Å². The predicted octanol–water partition coefficient (Wildman–Crippen LogP) is 3.42. The summed E-state index contributed by atoms with van der Waals surface area (Å²) < 4.78 is 1.12. The first-order valence-corrected chi connectivity index (χ1v) is 8.23. The summed E-state index contributed by atoms with van der Waals surface area (Å²) in [7, 11) is 0. The van der Waals surface area contributed by atoms with Gasteiger partial charge in [0.1, 0.15) is 0 Å². The van der Waals surface area contributed by atoms with Crippen LogP contribution >= 0.6 is 27.7 Å². The van der Waals surface area contributed by atoms with Crippen molar-refractivity contribution in [2.24, 2.45) is 11.7 Å². The molecule has 0 radical (unpaired) electrons. The lowest BCUT2D eigenvalue weighted by Crippen LogP contribution is -2.41. The Labute approximate surface area is 121 Å². The Morgan fingerprint density at radius 1 is 1.50 bits per heavy atom. The molecule has 0 heterocycles. The Morgan fingerprint density at radius 2 is 2.33 bits per heavy atom. The summed E-state index contributed by atoms with van der Waals surface area (Å²) in [4.78, 5) is 1.28. The van der Waals surface area contributed by atoms with E-state index < -0.39 is 5.60 Å². The molecule has 1 aliphatic rings. The van der Waals surface area contributed by atoms with Crippen LogP contribution in [0.5, 0.6) is 0 Å². The van der Waals surface area contributed by atoms with Crippen LogP contribution in [0.25, 0.3) is 0 Å². The second kappa shape index (κ2) is 6.42. The fourth-order valence-electron chi connectivity index (χ4n) is 2.68. The lowest BCUT2D eigenvalue weighted by Gasteiger charge is -2.28. The molecule has 1 aromatic carbocycles. The molecule has 1 saturated carbocycles. The first-order chi connectivity index (χ1) is 8.64. The highest BCUT2D eigenvalue weighted by molar-refractivity contribution is 9.10. The van der Waals surface area contributed by atoms with Crippen LogP contribution in [0.4, 0.5) is 0 Å². The fourth-order valence-corrected chi connectivity index (χ4v) is 4.26. The average Bonchev–Trinajstić information content (AvgIpc) is 2.72. The van der Waals surface area contributed by atoms with Crippen molar-refractivity contribution in [3.8, 4) is 0 Å². The zero-order valence-electron chi connectivity index (χ0n) is 10.4. The van der Waals surface area contributed by atoms with Gasteiger partial charge in [-0.15, -0.1) is 11.8 Å². The van der Waals surface area contributed by atoms with Gasteiger partial charge in [0.2, 0.25) is 0 Å². The molecule has 100 valence electrons. The summed E-state index contributed by atoms with van der Waals surface area (Å²) in [6, 6.07) is 8.35. The summed E-state index contributed by atoms with van der Waals surface area (Å²) in [5, 5.41) is 10.4. The lowest BCUT2D eigenvalue weighted by molar-refractivity contribution is 0.0104. The number of nitrogens with two attached hydrogens (primary N) is 1. The van der Waals surface area contributed by atoms with Crippen molar-refractivity contribution in [1.82, 2.24) is 0 Å². The molecule has 0 amide bonds. The van der Waals surface area contributed by atoms with Crippen molar-refractivity contribution in [2.75, 3.05) is 12.3 Å². The predicted molar refractivity (Wildman–Crippen MR) is 80.8 cm³/mol. The molecule has 0 aromatic heterocycles. The molecule has 2 rings (SSSR count). The van der Waals surface area contributed by atoms with Crippen LogP contribution in [-0.4, -0.2) is 23.0 Å². The first-order valence-electron chi connectivity index (χ1n) is 6.45. The van der Waals surface area contributed by atoms with Crippen LogP contribution in [0, 0.1) is 5.92 Å². The molecule has 1 aromatic rings. The Balaban J connectivity index is 1.82. The zero-order chi connectivity index (χ0) is 13.0. The summed E-state index contributed by atoms with van der Waals surface area (Å²) >= 11 is 5.33. The van der Waals surface area contributed by atoms with Crippen LogP contribution < -0.4 is 5.73 Å². The number of hydrogen-bond donors (Lipinski definition) is 2. The van der Waals surface area contributed by atoms with E-state index in [9.17, 15) is 5.11 Å². The number of rotatable bonds is 5. The molecule has 0 bridgehead atoms. The SMILES string of the molecule is NCC1(O)CCCC1CCSc1cccc(Br)c1. The van der Waals surface area contributed by atoms with E-state index in [4.69, 9.17) is 5.73 Å². The van der Waals surface area contributed by atoms with Gasteiger partial charge < -0.3 is 10.8 Å². The highest BCUT2D eigenvalue weighted by atomic mass is 79.9. The number of thioether (sulfide) groups is 1. The minimum atomic E-state index is -0.599. The Morgan fingerprint density at radius 3 is 3.06 bits per heavy atom. The van der Waals surface area contributed by atoms with E-state index >= 15 is 0 Å². The van der Waals surface area contributed by atoms with Crippen LogP contribution in [-0.2, 0) is 0 Å². The van der Waals surface area contributed by atoms with Crippen molar-refractivity contribution < 1.29 is 5.11 Å². The standard InChI is InChI=1S/C14H20BrNOS/c15-12-4-1-5-13(9-12)18-8-6-11-3-2-7-14(11,17)10-16/h1,4-5,9,11,17H,2-3,6-8,10,16H2. The Kier molecular flexibility index (Phi) is 5.13. The maximum absolute atomic E-state index is 10.4. The molecule has 18 heavy (non-hydrogen) atoms. The third-order valence-corrected chi connectivity index (χ3v) is 5.33. The molecule has 4 heteroatoms. The lowest BCUT2D eigenvalue weighted by atomic mass is 9.89. The second-order valence-electron chi connectivity index (χ2n) is 4.99. The molecule has 0 spiro atoms. The average molecular weight is 330 g/mol. The van der Waals surface area contributed by atoms with E-state index in [2.05, 4.69) is 34.1 Å². The van der Waals surface area contributed by atoms with Gasteiger partial charge in [-0.25, -0.2) is 0 Å². The van der Waals surface area contributed by atoms with E-state index in [1.165, 1.54) is 4.90 Å². The fraction of sp³-hybridized carbons (Fsp3) is 0.571. The van der Waals surface area contributed by atoms with Gasteiger partial charge in [0.25, 0.3) is 0 Å². The molecule has 2 unspecified atom stereocenters. The van der Waals surface area contributed by atoms with Gasteiger partial charge in [0.15, 0.2) is 0 Å². The quantitative estimate of drug-likeness (QED) is 0.813. The Hall–Kier alpha value is -0.0300. The van der Waals surface area contributed by atoms with Gasteiger partial charge in [0, 0.05) is 15.9 Å². The highest BCUT2D eigenvalue weighted by Gasteiger charge is 2.39. The van der Waals surface area contributed by atoms with Crippen molar-refractivity contribution >= 4 is 27.7 Å². The maximum Gasteiger partial charge on any atom is 0.0797 e. The van der Waals surface area contributed by atoms with Gasteiger partial charge >= 0.3 is 0 Å². The van der Waals surface area contributed by atoms with E-state index in [0.717, 1.165) is 35.9 Å². The minimum absolute atomic E-state index is 0.377. The largest absolute Gasteiger partial charge is 0.388 e. The third-order valence-electron chi connectivity index (χ3n) is 3.81. The number of hydrogen-bond acceptors (Lipinski definition) is 3. The minimum Gasteiger partial charge on any atom is -0.388 e. The third kappa shape index (κ3) is 3.50. The normalized spacial score (nSPS) is 27.6. The number of halogens is 1. The van der Waals surface area contributed by atoms with Gasteiger partial charge in [-0.1, -0.05) is 28.4 Å². The molecule has 0 saturated heterocycles.